The molecule has 5 heteroatoms. The Morgan fingerprint density at radius 3 is 2.50 bits per heavy atom. The first-order valence-corrected chi connectivity index (χ1v) is 7.94. The first kappa shape index (κ1) is 19.2. The molecule has 0 saturated carbocycles. The van der Waals surface area contributed by atoms with Gasteiger partial charge in [-0.1, -0.05) is 36.4 Å². The van der Waals surface area contributed by atoms with Crippen LogP contribution in [0, 0.1) is 0 Å². The van der Waals surface area contributed by atoms with E-state index in [2.05, 4.69) is 11.0 Å². The van der Waals surface area contributed by atoms with Gasteiger partial charge in [0.1, 0.15) is 5.75 Å². The smallest absolute Gasteiger partial charge is 0.119 e. The van der Waals surface area contributed by atoms with E-state index in [0.29, 0.717) is 6.54 Å². The van der Waals surface area contributed by atoms with Crippen molar-refractivity contribution in [3.63, 3.8) is 0 Å². The summed E-state index contributed by atoms with van der Waals surface area (Å²) in [4.78, 5) is 2.30. The highest BCUT2D eigenvalue weighted by molar-refractivity contribution is 14.0. The molecule has 0 amide bonds. The Kier molecular flexibility index (Phi) is 7.03. The van der Waals surface area contributed by atoms with Crippen molar-refractivity contribution in [1.29, 1.82) is 0 Å². The molecule has 1 heterocycles. The molecule has 2 atom stereocenters. The van der Waals surface area contributed by atoms with Crippen molar-refractivity contribution in [1.82, 2.24) is 4.90 Å². The first-order chi connectivity index (χ1) is 11.2. The van der Waals surface area contributed by atoms with E-state index >= 15 is 0 Å². The summed E-state index contributed by atoms with van der Waals surface area (Å²) < 4.78 is 5.32. The predicted octanol–water partition coefficient (Wildman–Crippen LogP) is 3.11. The van der Waals surface area contributed by atoms with Gasteiger partial charge in [-0.3, -0.25) is 4.90 Å². The van der Waals surface area contributed by atoms with Gasteiger partial charge in [0.25, 0.3) is 0 Å². The Balaban J connectivity index is 0.00000208. The van der Waals surface area contributed by atoms with Crippen LogP contribution in [0.4, 0.5) is 0 Å². The van der Waals surface area contributed by atoms with E-state index in [1.165, 1.54) is 11.1 Å². The number of benzene rings is 2. The van der Waals surface area contributed by atoms with Crippen molar-refractivity contribution < 1.29 is 14.9 Å². The molecule has 24 heavy (non-hydrogen) atoms. The highest BCUT2D eigenvalue weighted by Gasteiger charge is 2.32. The number of aliphatic hydroxyl groups excluding tert-OH is 2. The molecule has 0 radical (unpaired) electrons. The number of ether oxygens (including phenoxy) is 1. The summed E-state index contributed by atoms with van der Waals surface area (Å²) in [5, 5.41) is 19.2. The summed E-state index contributed by atoms with van der Waals surface area (Å²) in [5.74, 6) is 0.844. The van der Waals surface area contributed by atoms with Crippen molar-refractivity contribution in [3.8, 4) is 5.75 Å². The SMILES string of the molecule is COc1cccc(C2CC(O)CN2Cc2ccc(CO)cc2)c1.I. The third kappa shape index (κ3) is 4.47. The summed E-state index contributed by atoms with van der Waals surface area (Å²) in [7, 11) is 1.67. The van der Waals surface area contributed by atoms with Crippen LogP contribution in [0.2, 0.25) is 0 Å². The standard InChI is InChI=1S/C19H23NO3.HI/c1-23-18-4-2-3-16(9-18)19-10-17(22)12-20(19)11-14-5-7-15(13-21)8-6-14;/h2-9,17,19,21-22H,10-13H2,1H3;1H. The largest absolute Gasteiger partial charge is 0.497 e. The van der Waals surface area contributed by atoms with Crippen molar-refractivity contribution >= 4 is 24.0 Å². The van der Waals surface area contributed by atoms with Crippen LogP contribution in [0.5, 0.6) is 5.75 Å². The molecule has 0 bridgehead atoms. The molecule has 0 aromatic heterocycles. The Morgan fingerprint density at radius 1 is 1.12 bits per heavy atom. The zero-order valence-electron chi connectivity index (χ0n) is 13.8. The number of hydrogen-bond donors (Lipinski definition) is 2. The molecule has 1 aliphatic heterocycles. The van der Waals surface area contributed by atoms with Crippen LogP contribution in [0.1, 0.15) is 29.2 Å². The summed E-state index contributed by atoms with van der Waals surface area (Å²) in [6.07, 6.45) is 0.435. The third-order valence-electron chi connectivity index (χ3n) is 4.45. The number of halogens is 1. The van der Waals surface area contributed by atoms with Crippen LogP contribution in [0.25, 0.3) is 0 Å². The highest BCUT2D eigenvalue weighted by Crippen LogP contribution is 2.34. The van der Waals surface area contributed by atoms with Crippen LogP contribution < -0.4 is 4.74 Å². The van der Waals surface area contributed by atoms with Gasteiger partial charge in [0.2, 0.25) is 0 Å². The molecule has 1 aliphatic rings. The number of aliphatic hydroxyl groups is 2. The molecule has 2 aromatic carbocycles. The Labute approximate surface area is 160 Å². The number of nitrogens with zero attached hydrogens (tertiary/aromatic N) is 1. The minimum Gasteiger partial charge on any atom is -0.497 e. The van der Waals surface area contributed by atoms with Gasteiger partial charge in [-0.15, -0.1) is 24.0 Å². The lowest BCUT2D eigenvalue weighted by Gasteiger charge is -2.25. The van der Waals surface area contributed by atoms with Crippen LogP contribution in [-0.2, 0) is 13.2 Å². The van der Waals surface area contributed by atoms with E-state index in [-0.39, 0.29) is 42.7 Å². The summed E-state index contributed by atoms with van der Waals surface area (Å²) in [6, 6.07) is 16.2. The van der Waals surface area contributed by atoms with Gasteiger partial charge in [-0.05, 0) is 35.2 Å². The Morgan fingerprint density at radius 2 is 1.83 bits per heavy atom. The maximum atomic E-state index is 10.1. The van der Waals surface area contributed by atoms with Crippen LogP contribution in [0.3, 0.4) is 0 Å². The number of β-amino-alcohol motifs (C(OH)–C–C–N with tert-alkyl or cyclic N) is 1. The fraction of sp³-hybridized carbons (Fsp3) is 0.368. The van der Waals surface area contributed by atoms with Crippen molar-refractivity contribution in [2.45, 2.75) is 31.7 Å². The van der Waals surface area contributed by atoms with E-state index in [0.717, 1.165) is 24.3 Å². The number of methoxy groups -OCH3 is 1. The minimum absolute atomic E-state index is 0. The predicted molar refractivity (Wildman–Crippen MR) is 105 cm³/mol. The molecular weight excluding hydrogens is 417 g/mol. The molecule has 4 nitrogen and oxygen atoms in total. The number of likely N-dealkylation sites (tertiary alicyclic amines) is 1. The molecule has 3 rings (SSSR count). The maximum Gasteiger partial charge on any atom is 0.119 e. The lowest BCUT2D eigenvalue weighted by molar-refractivity contribution is 0.172. The summed E-state index contributed by atoms with van der Waals surface area (Å²) >= 11 is 0. The summed E-state index contributed by atoms with van der Waals surface area (Å²) in [5.41, 5.74) is 3.27. The van der Waals surface area contributed by atoms with Crippen LogP contribution in [0.15, 0.2) is 48.5 Å². The zero-order valence-corrected chi connectivity index (χ0v) is 16.1. The fourth-order valence-corrected chi connectivity index (χ4v) is 3.23. The first-order valence-electron chi connectivity index (χ1n) is 7.94. The van der Waals surface area contributed by atoms with Crippen molar-refractivity contribution in [2.75, 3.05) is 13.7 Å². The second-order valence-corrected chi connectivity index (χ2v) is 6.09. The summed E-state index contributed by atoms with van der Waals surface area (Å²) in [6.45, 7) is 1.52. The molecule has 2 N–H and O–H groups in total. The fourth-order valence-electron chi connectivity index (χ4n) is 3.23. The van der Waals surface area contributed by atoms with E-state index < -0.39 is 0 Å². The van der Waals surface area contributed by atoms with Crippen molar-refractivity contribution in [3.05, 3.63) is 65.2 Å². The van der Waals surface area contributed by atoms with Gasteiger partial charge in [0.05, 0.1) is 19.8 Å². The van der Waals surface area contributed by atoms with Gasteiger partial charge in [-0.25, -0.2) is 0 Å². The maximum absolute atomic E-state index is 10.1. The third-order valence-corrected chi connectivity index (χ3v) is 4.45. The lowest BCUT2D eigenvalue weighted by atomic mass is 10.0. The second kappa shape index (κ2) is 8.80. The normalized spacial score (nSPS) is 20.6. The van der Waals surface area contributed by atoms with E-state index in [1.807, 2.05) is 42.5 Å². The van der Waals surface area contributed by atoms with Crippen molar-refractivity contribution in [2.24, 2.45) is 0 Å². The highest BCUT2D eigenvalue weighted by atomic mass is 127. The zero-order chi connectivity index (χ0) is 16.2. The van der Waals surface area contributed by atoms with Gasteiger partial charge >= 0.3 is 0 Å². The number of rotatable bonds is 5. The van der Waals surface area contributed by atoms with Gasteiger partial charge in [-0.2, -0.15) is 0 Å². The number of hydrogen-bond acceptors (Lipinski definition) is 4. The molecule has 130 valence electrons. The van der Waals surface area contributed by atoms with Gasteiger partial charge in [0, 0.05) is 19.1 Å². The van der Waals surface area contributed by atoms with Crippen LogP contribution in [-0.4, -0.2) is 34.9 Å². The molecule has 0 spiro atoms. The quantitative estimate of drug-likeness (QED) is 0.701. The minimum atomic E-state index is -0.303. The van der Waals surface area contributed by atoms with E-state index in [1.54, 1.807) is 7.11 Å². The van der Waals surface area contributed by atoms with E-state index in [9.17, 15) is 5.11 Å². The Bertz CT molecular complexity index is 647. The van der Waals surface area contributed by atoms with Crippen LogP contribution >= 0.6 is 24.0 Å². The Hall–Kier alpha value is -1.15. The average Bonchev–Trinajstić information content (AvgIpc) is 2.96. The molecule has 2 unspecified atom stereocenters. The topological polar surface area (TPSA) is 52.9 Å². The lowest BCUT2D eigenvalue weighted by Crippen LogP contribution is -2.24. The average molecular weight is 441 g/mol. The van der Waals surface area contributed by atoms with E-state index in [4.69, 9.17) is 9.84 Å². The molecular formula is C19H24INO3. The molecule has 2 aromatic rings. The molecule has 0 aliphatic carbocycles. The van der Waals surface area contributed by atoms with Gasteiger partial charge in [0.15, 0.2) is 0 Å². The molecule has 1 saturated heterocycles. The molecule has 1 fully saturated rings. The van der Waals surface area contributed by atoms with Gasteiger partial charge < -0.3 is 14.9 Å². The monoisotopic (exact) mass is 441 g/mol. The second-order valence-electron chi connectivity index (χ2n) is 6.09.